The van der Waals surface area contributed by atoms with Gasteiger partial charge in [-0.05, 0) is 41.5 Å². The van der Waals surface area contributed by atoms with Gasteiger partial charge in [-0.1, -0.05) is 72.8 Å². The van der Waals surface area contributed by atoms with E-state index in [0.29, 0.717) is 48.6 Å². The van der Waals surface area contributed by atoms with Crippen LogP contribution >= 0.6 is 0 Å². The Morgan fingerprint density at radius 2 is 1.49 bits per heavy atom. The van der Waals surface area contributed by atoms with Crippen LogP contribution < -0.4 is 10.2 Å². The van der Waals surface area contributed by atoms with E-state index in [2.05, 4.69) is 5.32 Å². The first-order valence-electron chi connectivity index (χ1n) is 14.3. The van der Waals surface area contributed by atoms with Crippen LogP contribution in [0.5, 0.6) is 0 Å². The fourth-order valence-electron chi connectivity index (χ4n) is 5.24. The van der Waals surface area contributed by atoms with E-state index in [1.807, 2.05) is 59.5 Å². The number of anilines is 2. The largest absolute Gasteiger partial charge is 0.452 e. The van der Waals surface area contributed by atoms with Crippen LogP contribution in [0, 0.1) is 0 Å². The first-order chi connectivity index (χ1) is 21.8. The van der Waals surface area contributed by atoms with E-state index in [9.17, 15) is 22.8 Å². The van der Waals surface area contributed by atoms with Gasteiger partial charge in [0.25, 0.3) is 5.91 Å². The molecule has 0 unspecified atom stereocenters. The number of halogens is 3. The second-order valence-corrected chi connectivity index (χ2v) is 10.5. The highest BCUT2D eigenvalue weighted by atomic mass is 19.4. The monoisotopic (exact) mass is 611 g/mol. The quantitative estimate of drug-likeness (QED) is 0.196. The van der Waals surface area contributed by atoms with Crippen molar-refractivity contribution < 1.29 is 32.2 Å². The fraction of sp³-hybridized carbons (Fsp3) is 0.171. The van der Waals surface area contributed by atoms with Crippen LogP contribution in [0.25, 0.3) is 33.3 Å². The second-order valence-electron chi connectivity index (χ2n) is 10.5. The SMILES string of the molecule is O=C(COC(=O)c1cc(-c2ccc(-c3ccccc3)cc2)nc2ccccc12)Nc1cc(C(F)(F)F)ccc1N1CCOCC1. The lowest BCUT2D eigenvalue weighted by Gasteiger charge is -2.31. The van der Waals surface area contributed by atoms with Crippen LogP contribution in [0.3, 0.4) is 0 Å². The van der Waals surface area contributed by atoms with Gasteiger partial charge in [-0.2, -0.15) is 13.2 Å². The minimum atomic E-state index is -4.60. The molecule has 1 amide bonds. The number of nitrogens with zero attached hydrogens (tertiary/aromatic N) is 2. The number of nitrogens with one attached hydrogen (secondary N) is 1. The van der Waals surface area contributed by atoms with Gasteiger partial charge in [0.05, 0.1) is 46.9 Å². The number of ether oxygens (including phenoxy) is 2. The summed E-state index contributed by atoms with van der Waals surface area (Å²) in [5.74, 6) is -1.53. The number of hydrogen-bond donors (Lipinski definition) is 1. The summed E-state index contributed by atoms with van der Waals surface area (Å²) in [5.41, 5.74) is 3.71. The zero-order chi connectivity index (χ0) is 31.4. The van der Waals surface area contributed by atoms with Gasteiger partial charge >= 0.3 is 12.1 Å². The van der Waals surface area contributed by atoms with E-state index < -0.39 is 30.2 Å². The van der Waals surface area contributed by atoms with E-state index in [1.165, 1.54) is 6.07 Å². The highest BCUT2D eigenvalue weighted by Crippen LogP contribution is 2.36. The van der Waals surface area contributed by atoms with Gasteiger partial charge in [-0.25, -0.2) is 9.78 Å². The number of carbonyl (C=O) groups excluding carboxylic acids is 2. The zero-order valence-electron chi connectivity index (χ0n) is 24.0. The number of aromatic nitrogens is 1. The molecule has 4 aromatic carbocycles. The first-order valence-corrected chi connectivity index (χ1v) is 14.3. The van der Waals surface area contributed by atoms with Crippen molar-refractivity contribution in [3.63, 3.8) is 0 Å². The summed E-state index contributed by atoms with van der Waals surface area (Å²) >= 11 is 0. The zero-order valence-corrected chi connectivity index (χ0v) is 24.0. The molecule has 0 saturated carbocycles. The van der Waals surface area contributed by atoms with E-state index in [1.54, 1.807) is 30.3 Å². The standard InChI is InChI=1S/C35H28F3N3O4/c36-35(37,38)26-14-15-32(41-16-18-44-19-17-41)31(20-26)40-33(42)22-45-34(43)28-21-30(39-29-9-5-4-8-27(28)29)25-12-10-24(11-13-25)23-6-2-1-3-7-23/h1-15,20-21H,16-19,22H2,(H,40,42). The van der Waals surface area contributed by atoms with Crippen LogP contribution in [-0.4, -0.2) is 49.8 Å². The third-order valence-corrected chi connectivity index (χ3v) is 7.51. The number of amides is 1. The van der Waals surface area contributed by atoms with Gasteiger partial charge < -0.3 is 19.7 Å². The molecule has 1 aliphatic heterocycles. The Kier molecular flexibility index (Phi) is 8.48. The number of para-hydroxylation sites is 1. The Labute approximate surface area is 257 Å². The minimum absolute atomic E-state index is 0.0247. The molecule has 1 aromatic heterocycles. The molecule has 6 rings (SSSR count). The molecule has 0 radical (unpaired) electrons. The summed E-state index contributed by atoms with van der Waals surface area (Å²) in [6.45, 7) is 1.02. The molecule has 10 heteroatoms. The molecule has 1 saturated heterocycles. The molecule has 45 heavy (non-hydrogen) atoms. The van der Waals surface area contributed by atoms with Crippen molar-refractivity contribution in [3.05, 3.63) is 114 Å². The lowest BCUT2D eigenvalue weighted by Crippen LogP contribution is -2.37. The number of hydrogen-bond acceptors (Lipinski definition) is 6. The Hall–Kier alpha value is -5.22. The Balaban J connectivity index is 1.22. The highest BCUT2D eigenvalue weighted by Gasteiger charge is 2.32. The predicted octanol–water partition coefficient (Wildman–Crippen LogP) is 7.22. The van der Waals surface area contributed by atoms with Gasteiger partial charge in [0.1, 0.15) is 0 Å². The van der Waals surface area contributed by atoms with Crippen molar-refractivity contribution in [2.75, 3.05) is 43.1 Å². The number of rotatable bonds is 7. The molecule has 228 valence electrons. The maximum absolute atomic E-state index is 13.5. The number of benzene rings is 4. The van der Waals surface area contributed by atoms with Crippen molar-refractivity contribution in [1.29, 1.82) is 0 Å². The Bertz CT molecular complexity index is 1840. The van der Waals surface area contributed by atoms with Gasteiger partial charge in [0.15, 0.2) is 6.61 Å². The Morgan fingerprint density at radius 1 is 0.822 bits per heavy atom. The van der Waals surface area contributed by atoms with Gasteiger partial charge in [-0.15, -0.1) is 0 Å². The lowest BCUT2D eigenvalue weighted by molar-refractivity contribution is -0.137. The molecule has 1 N–H and O–H groups in total. The predicted molar refractivity (Wildman–Crippen MR) is 166 cm³/mol. The number of carbonyl (C=O) groups is 2. The van der Waals surface area contributed by atoms with Gasteiger partial charge in [0, 0.05) is 24.0 Å². The lowest BCUT2D eigenvalue weighted by atomic mass is 10.0. The third kappa shape index (κ3) is 6.81. The average Bonchev–Trinajstić information content (AvgIpc) is 3.07. The normalized spacial score (nSPS) is 13.4. The maximum atomic E-state index is 13.5. The highest BCUT2D eigenvalue weighted by molar-refractivity contribution is 6.05. The number of fused-ring (bicyclic) bond motifs is 1. The van der Waals surface area contributed by atoms with Crippen LogP contribution in [0.15, 0.2) is 103 Å². The van der Waals surface area contributed by atoms with Crippen molar-refractivity contribution >= 4 is 34.2 Å². The molecule has 0 spiro atoms. The number of morpholine rings is 1. The van der Waals surface area contributed by atoms with Crippen LogP contribution in [-0.2, 0) is 20.4 Å². The van der Waals surface area contributed by atoms with Crippen molar-refractivity contribution in [2.24, 2.45) is 0 Å². The molecule has 5 aromatic rings. The summed E-state index contributed by atoms with van der Waals surface area (Å²) < 4.78 is 51.2. The molecule has 0 atom stereocenters. The topological polar surface area (TPSA) is 80.8 Å². The molecule has 2 heterocycles. The van der Waals surface area contributed by atoms with E-state index in [0.717, 1.165) is 28.8 Å². The first kappa shape index (κ1) is 29.8. The molecule has 1 fully saturated rings. The average molecular weight is 612 g/mol. The smallest absolute Gasteiger partial charge is 0.416 e. The van der Waals surface area contributed by atoms with Crippen LogP contribution in [0.1, 0.15) is 15.9 Å². The molecule has 0 aliphatic carbocycles. The molecular formula is C35H28F3N3O4. The van der Waals surface area contributed by atoms with Gasteiger partial charge in [0.2, 0.25) is 0 Å². The molecule has 0 bridgehead atoms. The van der Waals surface area contributed by atoms with Crippen molar-refractivity contribution in [1.82, 2.24) is 4.98 Å². The maximum Gasteiger partial charge on any atom is 0.416 e. The number of pyridine rings is 1. The van der Waals surface area contributed by atoms with Crippen LogP contribution in [0.4, 0.5) is 24.5 Å². The summed E-state index contributed by atoms with van der Waals surface area (Å²) in [6.07, 6.45) is -4.60. The van der Waals surface area contributed by atoms with Gasteiger partial charge in [-0.3, -0.25) is 4.79 Å². The molecule has 1 aliphatic rings. The Morgan fingerprint density at radius 3 is 2.22 bits per heavy atom. The molecule has 7 nitrogen and oxygen atoms in total. The van der Waals surface area contributed by atoms with Crippen molar-refractivity contribution in [3.8, 4) is 22.4 Å². The minimum Gasteiger partial charge on any atom is -0.452 e. The second kappa shape index (κ2) is 12.8. The molecular weight excluding hydrogens is 583 g/mol. The summed E-state index contributed by atoms with van der Waals surface area (Å²) in [5, 5.41) is 3.05. The van der Waals surface area contributed by atoms with E-state index >= 15 is 0 Å². The van der Waals surface area contributed by atoms with Crippen molar-refractivity contribution in [2.45, 2.75) is 6.18 Å². The van der Waals surface area contributed by atoms with E-state index in [-0.39, 0.29) is 11.3 Å². The summed E-state index contributed by atoms with van der Waals surface area (Å²) in [7, 11) is 0. The van der Waals surface area contributed by atoms with E-state index in [4.69, 9.17) is 14.5 Å². The summed E-state index contributed by atoms with van der Waals surface area (Å²) in [6, 6.07) is 29.6. The number of alkyl halides is 3. The number of esters is 1. The van der Waals surface area contributed by atoms with Crippen LogP contribution in [0.2, 0.25) is 0 Å². The fourth-order valence-corrected chi connectivity index (χ4v) is 5.24. The summed E-state index contributed by atoms with van der Waals surface area (Å²) in [4.78, 5) is 32.8. The third-order valence-electron chi connectivity index (χ3n) is 7.51.